The molecule has 0 bridgehead atoms. The Morgan fingerprint density at radius 1 is 0.297 bits per heavy atom. The van der Waals surface area contributed by atoms with E-state index in [9.17, 15) is 0 Å². The quantitative estimate of drug-likeness (QED) is 0.144. The van der Waals surface area contributed by atoms with E-state index in [-0.39, 0.29) is 70.3 Å². The van der Waals surface area contributed by atoms with E-state index in [1.165, 1.54) is 0 Å². The zero-order valence-electron chi connectivity index (χ0n) is 41.9. The van der Waals surface area contributed by atoms with Crippen LogP contribution in [0.25, 0.3) is 0 Å². The van der Waals surface area contributed by atoms with Crippen LogP contribution < -0.4 is 87.8 Å². The van der Waals surface area contributed by atoms with E-state index in [0.717, 1.165) is 125 Å². The van der Waals surface area contributed by atoms with Crippen molar-refractivity contribution >= 4 is 46.7 Å². The second-order valence-electron chi connectivity index (χ2n) is 19.5. The molecule has 0 radical (unpaired) electrons. The van der Waals surface area contributed by atoms with Gasteiger partial charge in [-0.3, -0.25) is 0 Å². The van der Waals surface area contributed by atoms with Crippen LogP contribution in [0.3, 0.4) is 0 Å². The SMILES string of the molecule is Cc1cccc(Oc2ccc3c(c2)C2=NC4=[N+]5C(=NC6=[N+]7C(=NC8=[N+]9C(=NC3=[N+]2C597)c2ccc(Oc3cccc(C)c3)cc28)c2ccc(Oc3cccc(C)c3)cc26)c2ccc(Oc3cccc(C)c3)cc24)c1.[Cs+].[H-]. The van der Waals surface area contributed by atoms with Crippen molar-refractivity contribution < 1.29 is 108 Å². The summed E-state index contributed by atoms with van der Waals surface area (Å²) in [5.74, 6) is 10.3. The van der Waals surface area contributed by atoms with Crippen molar-refractivity contribution in [3.8, 4) is 46.0 Å². The Balaban J connectivity index is 0.00000258. The standard InChI is InChI=1S/C61H40N8O4.Cs.H/c1-33-9-5-13-37(25-33)70-41-17-21-45-49(29-41)57-63-55-47-23-19-42(71-38-14-6-10-34(2)26-38)30-50(47)58-64-56-48-24-20-44(73-40-16-8-12-36(4)28-40)32-52(48)60-65-59-51-31-43(72-39-15-7-11-35(3)27-39)18-22-46(51)54-62-53(45)66(57)61(67(54)59,68(55)58)69(56)60;;/h5-32H,1-4H3;;/q+4;+1;-1. The predicted octanol–water partition coefficient (Wildman–Crippen LogP) is 8.05. The van der Waals surface area contributed by atoms with Crippen molar-refractivity contribution in [2.45, 2.75) is 33.6 Å². The normalized spacial score (nSPS) is 17.8. The van der Waals surface area contributed by atoms with Gasteiger partial charge in [0.05, 0.1) is 44.5 Å². The molecule has 13 heteroatoms. The van der Waals surface area contributed by atoms with Gasteiger partial charge in [-0.15, -0.1) is 18.3 Å². The van der Waals surface area contributed by atoms with Crippen molar-refractivity contribution in [2.24, 2.45) is 20.0 Å². The Morgan fingerprint density at radius 3 is 0.865 bits per heavy atom. The van der Waals surface area contributed by atoms with E-state index >= 15 is 0 Å². The molecule has 16 rings (SSSR count). The molecule has 0 aliphatic carbocycles. The first kappa shape index (κ1) is 43.9. The van der Waals surface area contributed by atoms with Gasteiger partial charge in [0.1, 0.15) is 46.0 Å². The first-order valence-corrected chi connectivity index (χ1v) is 24.3. The summed E-state index contributed by atoms with van der Waals surface area (Å²) in [6.45, 7) is 8.26. The van der Waals surface area contributed by atoms with Crippen molar-refractivity contribution in [1.29, 1.82) is 0 Å². The molecule has 1 spiro atoms. The fourth-order valence-corrected chi connectivity index (χ4v) is 11.5. The molecule has 0 amide bonds. The molecule has 1 unspecified atom stereocenters. The van der Waals surface area contributed by atoms with Crippen LogP contribution in [0, 0.1) is 27.7 Å². The maximum Gasteiger partial charge on any atom is 1.00 e. The average molecular weight is 1080 g/mol. The first-order valence-electron chi connectivity index (χ1n) is 24.3. The molecule has 0 fully saturated rings. The van der Waals surface area contributed by atoms with Gasteiger partial charge in [0, 0.05) is 0 Å². The maximum absolute atomic E-state index is 6.62. The molecule has 12 nitrogen and oxygen atoms in total. The Labute approximate surface area is 485 Å². The molecule has 8 aromatic rings. The molecule has 8 aliphatic rings. The van der Waals surface area contributed by atoms with Gasteiger partial charge in [-0.25, -0.2) is 0 Å². The third kappa shape index (κ3) is 6.19. The van der Waals surface area contributed by atoms with Crippen LogP contribution in [0.4, 0.5) is 0 Å². The van der Waals surface area contributed by atoms with Gasteiger partial charge in [0.2, 0.25) is 0 Å². The van der Waals surface area contributed by atoms with Crippen LogP contribution in [0.2, 0.25) is 0 Å². The summed E-state index contributed by atoms with van der Waals surface area (Å²) < 4.78 is 35.6. The fraction of sp³-hybridized carbons (Fsp3) is 0.0820. The number of aryl methyl sites for hydroxylation is 4. The van der Waals surface area contributed by atoms with Crippen molar-refractivity contribution in [2.75, 3.05) is 0 Å². The molecular weight excluding hydrogens is 1040 g/mol. The van der Waals surface area contributed by atoms with Gasteiger partial charge >= 0.3 is 74.8 Å². The average Bonchev–Trinajstić information content (AvgIpc) is 3.58. The third-order valence-corrected chi connectivity index (χ3v) is 14.5. The number of amidine groups is 8. The summed E-state index contributed by atoms with van der Waals surface area (Å²) in [4.78, 5) is 22.8. The Kier molecular flexibility index (Phi) is 9.46. The molecule has 8 aromatic carbocycles. The molecule has 0 N–H and O–H groups in total. The molecule has 8 heterocycles. The van der Waals surface area contributed by atoms with Gasteiger partial charge in [0.25, 0.3) is 46.7 Å². The van der Waals surface area contributed by atoms with Crippen LogP contribution in [-0.2, 0) is 0 Å². The molecule has 8 aliphatic heterocycles. The number of hydrogen-bond donors (Lipinski definition) is 0. The minimum atomic E-state index is -1.27. The summed E-state index contributed by atoms with van der Waals surface area (Å²) >= 11 is 0. The Hall–Kier alpha value is -7.63. The van der Waals surface area contributed by atoms with Crippen LogP contribution >= 0.6 is 0 Å². The van der Waals surface area contributed by atoms with Gasteiger partial charge in [-0.1, -0.05) is 68.5 Å². The van der Waals surface area contributed by atoms with Crippen LogP contribution in [0.5, 0.6) is 46.0 Å². The smallest absolute Gasteiger partial charge is 1.00 e. The van der Waals surface area contributed by atoms with Crippen LogP contribution in [-0.4, -0.2) is 70.9 Å². The minimum absolute atomic E-state index is 0. The van der Waals surface area contributed by atoms with Crippen LogP contribution in [0.15, 0.2) is 190 Å². The Bertz CT molecular complexity index is 4270. The summed E-state index contributed by atoms with van der Waals surface area (Å²) in [7, 11) is 0. The van der Waals surface area contributed by atoms with E-state index in [0.29, 0.717) is 34.7 Å². The summed E-state index contributed by atoms with van der Waals surface area (Å²) in [5.41, 5.74) is 11.7. The van der Waals surface area contributed by atoms with Gasteiger partial charge in [0.15, 0.2) is 0 Å². The molecule has 1 atom stereocenters. The topological polar surface area (TPSA) is 98.4 Å². The second kappa shape index (κ2) is 15.9. The maximum atomic E-state index is 6.62. The molecular formula is C61H41CsN8O4+4. The predicted molar refractivity (Wildman–Crippen MR) is 278 cm³/mol. The van der Waals surface area contributed by atoms with E-state index in [2.05, 4.69) is 119 Å². The summed E-state index contributed by atoms with van der Waals surface area (Å²) in [5, 5.41) is 0. The Morgan fingerprint density at radius 2 is 0.554 bits per heavy atom. The number of aliphatic imine (C=N–C) groups is 4. The molecule has 0 aromatic heterocycles. The zero-order valence-corrected chi connectivity index (χ0v) is 47.2. The van der Waals surface area contributed by atoms with Crippen molar-refractivity contribution in [3.63, 3.8) is 0 Å². The van der Waals surface area contributed by atoms with Gasteiger partial charge in [-0.05, 0) is 171 Å². The largest absolute Gasteiger partial charge is 1.00 e. The number of ether oxygens (including phenoxy) is 4. The zero-order chi connectivity index (χ0) is 48.4. The van der Waals surface area contributed by atoms with Gasteiger partial charge < -0.3 is 20.4 Å². The van der Waals surface area contributed by atoms with Gasteiger partial charge in [-0.2, -0.15) is 0 Å². The number of fused-ring (bicyclic) bond motifs is 12. The third-order valence-electron chi connectivity index (χ3n) is 14.5. The summed E-state index contributed by atoms with van der Waals surface area (Å²) in [6.07, 6.45) is 0. The number of rotatable bonds is 8. The number of hydrogen-bond acceptors (Lipinski definition) is 8. The fourth-order valence-electron chi connectivity index (χ4n) is 11.5. The van der Waals surface area contributed by atoms with Crippen LogP contribution in [0.1, 0.15) is 68.2 Å². The monoisotopic (exact) mass is 1080 g/mol. The first-order chi connectivity index (χ1) is 35.7. The van der Waals surface area contributed by atoms with E-state index in [1.54, 1.807) is 0 Å². The van der Waals surface area contributed by atoms with Crippen molar-refractivity contribution in [3.05, 3.63) is 237 Å². The second-order valence-corrected chi connectivity index (χ2v) is 19.5. The summed E-state index contributed by atoms with van der Waals surface area (Å²) in [6, 6.07) is 57.3. The van der Waals surface area contributed by atoms with E-state index < -0.39 is 5.91 Å². The number of nitrogens with zero attached hydrogens (tertiary/aromatic N) is 8. The van der Waals surface area contributed by atoms with E-state index in [4.69, 9.17) is 38.9 Å². The number of benzene rings is 8. The van der Waals surface area contributed by atoms with Crippen molar-refractivity contribution in [1.82, 2.24) is 0 Å². The molecule has 0 saturated heterocycles. The molecule has 346 valence electrons. The van der Waals surface area contributed by atoms with E-state index in [1.807, 2.05) is 97.1 Å². The molecule has 0 saturated carbocycles. The minimum Gasteiger partial charge on any atom is -1.00 e. The molecule has 74 heavy (non-hydrogen) atoms.